The molecule has 14 heavy (non-hydrogen) atoms. The lowest BCUT2D eigenvalue weighted by atomic mass is 10.2. The number of rotatable bonds is 2. The fourth-order valence-electron chi connectivity index (χ4n) is 1.63. The van der Waals surface area contributed by atoms with E-state index in [2.05, 4.69) is 10.2 Å². The van der Waals surface area contributed by atoms with Crippen LogP contribution < -0.4 is 10.9 Å². The molecule has 0 unspecified atom stereocenters. The maximum absolute atomic E-state index is 11.3. The molecule has 4 heteroatoms. The second-order valence-electron chi connectivity index (χ2n) is 3.45. The van der Waals surface area contributed by atoms with Gasteiger partial charge in [0.25, 0.3) is 0 Å². The molecule has 1 N–H and O–H groups in total. The Morgan fingerprint density at radius 3 is 2.93 bits per heavy atom. The van der Waals surface area contributed by atoms with E-state index >= 15 is 0 Å². The molecule has 0 aliphatic carbocycles. The van der Waals surface area contributed by atoms with Crippen LogP contribution in [-0.4, -0.2) is 31.1 Å². The molecule has 0 atom stereocenters. The number of nitrogens with zero attached hydrogens (tertiary/aromatic N) is 1. The zero-order valence-electron chi connectivity index (χ0n) is 8.03. The van der Waals surface area contributed by atoms with Crippen molar-refractivity contribution in [2.24, 2.45) is 0 Å². The molecule has 1 fully saturated rings. The Labute approximate surface area is 82.5 Å². The highest BCUT2D eigenvalue weighted by Crippen LogP contribution is 2.00. The molecule has 76 valence electrons. The van der Waals surface area contributed by atoms with Crippen molar-refractivity contribution in [3.63, 3.8) is 0 Å². The smallest absolute Gasteiger partial charge is 0.340 e. The third-order valence-corrected chi connectivity index (χ3v) is 2.42. The second-order valence-corrected chi connectivity index (χ2v) is 3.45. The van der Waals surface area contributed by atoms with Gasteiger partial charge >= 0.3 is 5.63 Å². The van der Waals surface area contributed by atoms with Crippen molar-refractivity contribution in [1.29, 1.82) is 0 Å². The van der Waals surface area contributed by atoms with Crippen LogP contribution in [0.2, 0.25) is 0 Å². The quantitative estimate of drug-likeness (QED) is 0.722. The van der Waals surface area contributed by atoms with Crippen LogP contribution in [0.4, 0.5) is 0 Å². The average Bonchev–Trinajstić information content (AvgIpc) is 2.23. The fraction of sp³-hybridized carbons (Fsp3) is 0.500. The highest BCUT2D eigenvalue weighted by molar-refractivity contribution is 5.06. The first-order valence-corrected chi connectivity index (χ1v) is 4.86. The van der Waals surface area contributed by atoms with Gasteiger partial charge in [-0.25, -0.2) is 4.79 Å². The van der Waals surface area contributed by atoms with Gasteiger partial charge in [0.2, 0.25) is 0 Å². The monoisotopic (exact) mass is 194 g/mol. The molecule has 0 spiro atoms. The van der Waals surface area contributed by atoms with Crippen molar-refractivity contribution in [1.82, 2.24) is 10.2 Å². The first-order chi connectivity index (χ1) is 6.86. The highest BCUT2D eigenvalue weighted by Gasteiger charge is 2.11. The first-order valence-electron chi connectivity index (χ1n) is 4.86. The normalized spacial score (nSPS) is 18.3. The van der Waals surface area contributed by atoms with Gasteiger partial charge in [0.1, 0.15) is 0 Å². The molecule has 0 amide bonds. The Morgan fingerprint density at radius 1 is 1.43 bits per heavy atom. The molecular formula is C10H14N2O2. The van der Waals surface area contributed by atoms with Crippen molar-refractivity contribution in [2.45, 2.75) is 6.54 Å². The molecule has 2 heterocycles. The number of piperazine rings is 1. The van der Waals surface area contributed by atoms with E-state index in [1.807, 2.05) is 6.07 Å². The lowest BCUT2D eigenvalue weighted by Crippen LogP contribution is -2.43. The zero-order chi connectivity index (χ0) is 9.80. The van der Waals surface area contributed by atoms with E-state index in [1.165, 1.54) is 6.26 Å². The lowest BCUT2D eigenvalue weighted by Gasteiger charge is -2.26. The first kappa shape index (κ1) is 9.43. The molecule has 2 rings (SSSR count). The van der Waals surface area contributed by atoms with Crippen molar-refractivity contribution in [3.05, 3.63) is 34.4 Å². The molecule has 1 aromatic rings. The van der Waals surface area contributed by atoms with Gasteiger partial charge in [-0.15, -0.1) is 0 Å². The van der Waals surface area contributed by atoms with E-state index in [4.69, 9.17) is 4.42 Å². The van der Waals surface area contributed by atoms with Crippen LogP contribution in [0.25, 0.3) is 0 Å². The summed E-state index contributed by atoms with van der Waals surface area (Å²) in [5.41, 5.74) is 0.528. The molecule has 0 radical (unpaired) electrons. The maximum Gasteiger partial charge on any atom is 0.340 e. The van der Waals surface area contributed by atoms with Gasteiger partial charge in [-0.1, -0.05) is 0 Å². The van der Waals surface area contributed by atoms with E-state index < -0.39 is 0 Å². The predicted molar refractivity (Wildman–Crippen MR) is 53.1 cm³/mol. The molecule has 1 aromatic heterocycles. The van der Waals surface area contributed by atoms with Gasteiger partial charge in [0.15, 0.2) is 0 Å². The van der Waals surface area contributed by atoms with Gasteiger partial charge in [0, 0.05) is 32.7 Å². The average molecular weight is 194 g/mol. The van der Waals surface area contributed by atoms with Gasteiger partial charge in [0.05, 0.1) is 11.8 Å². The van der Waals surface area contributed by atoms with Crippen LogP contribution in [0.1, 0.15) is 5.56 Å². The van der Waals surface area contributed by atoms with E-state index in [9.17, 15) is 4.79 Å². The highest BCUT2D eigenvalue weighted by atomic mass is 16.4. The minimum atomic E-state index is -0.217. The van der Waals surface area contributed by atoms with Gasteiger partial charge in [-0.2, -0.15) is 0 Å². The minimum absolute atomic E-state index is 0.217. The molecule has 4 nitrogen and oxygen atoms in total. The van der Waals surface area contributed by atoms with E-state index in [-0.39, 0.29) is 5.63 Å². The predicted octanol–water partition coefficient (Wildman–Crippen LogP) is 0.0450. The second kappa shape index (κ2) is 4.39. The number of hydrogen-bond donors (Lipinski definition) is 1. The van der Waals surface area contributed by atoms with Crippen molar-refractivity contribution < 1.29 is 4.42 Å². The summed E-state index contributed by atoms with van der Waals surface area (Å²) in [6.45, 7) is 4.68. The summed E-state index contributed by atoms with van der Waals surface area (Å²) in [6.07, 6.45) is 1.42. The Morgan fingerprint density at radius 2 is 2.21 bits per heavy atom. The van der Waals surface area contributed by atoms with Crippen molar-refractivity contribution in [3.8, 4) is 0 Å². The van der Waals surface area contributed by atoms with Crippen molar-refractivity contribution >= 4 is 0 Å². The fourth-order valence-corrected chi connectivity index (χ4v) is 1.63. The van der Waals surface area contributed by atoms with Crippen LogP contribution in [0.15, 0.2) is 27.6 Å². The van der Waals surface area contributed by atoms with E-state index in [1.54, 1.807) is 6.07 Å². The Bertz CT molecular complexity index is 342. The molecule has 1 saturated heterocycles. The molecule has 0 saturated carbocycles. The number of nitrogens with one attached hydrogen (secondary N) is 1. The molecule has 0 bridgehead atoms. The Kier molecular flexibility index (Phi) is 2.96. The number of hydrogen-bond acceptors (Lipinski definition) is 4. The van der Waals surface area contributed by atoms with Crippen LogP contribution in [0.3, 0.4) is 0 Å². The van der Waals surface area contributed by atoms with Gasteiger partial charge in [-0.3, -0.25) is 4.90 Å². The van der Waals surface area contributed by atoms with Crippen LogP contribution in [0, 0.1) is 0 Å². The van der Waals surface area contributed by atoms with E-state index in [0.29, 0.717) is 6.54 Å². The molecule has 0 aromatic carbocycles. The van der Waals surface area contributed by atoms with Crippen LogP contribution in [0.5, 0.6) is 0 Å². The Hall–Kier alpha value is -1.13. The molecule has 1 aliphatic rings. The topological polar surface area (TPSA) is 45.5 Å². The van der Waals surface area contributed by atoms with Gasteiger partial charge < -0.3 is 9.73 Å². The zero-order valence-corrected chi connectivity index (χ0v) is 8.03. The van der Waals surface area contributed by atoms with Crippen LogP contribution >= 0.6 is 0 Å². The summed E-state index contributed by atoms with van der Waals surface area (Å²) in [5, 5.41) is 3.27. The lowest BCUT2D eigenvalue weighted by molar-refractivity contribution is 0.230. The van der Waals surface area contributed by atoms with Crippen molar-refractivity contribution in [2.75, 3.05) is 26.2 Å². The third kappa shape index (κ3) is 2.21. The summed E-state index contributed by atoms with van der Waals surface area (Å²) in [4.78, 5) is 13.5. The standard InChI is InChI=1S/C10H14N2O2/c13-10-9(2-1-7-14-10)8-12-5-3-11-4-6-12/h1-2,7,11H,3-6,8H2. The van der Waals surface area contributed by atoms with Gasteiger partial charge in [-0.05, 0) is 12.1 Å². The van der Waals surface area contributed by atoms with E-state index in [0.717, 1.165) is 31.7 Å². The minimum Gasteiger partial charge on any atom is -0.431 e. The van der Waals surface area contributed by atoms with Crippen LogP contribution in [-0.2, 0) is 6.54 Å². The summed E-state index contributed by atoms with van der Waals surface area (Å²) >= 11 is 0. The summed E-state index contributed by atoms with van der Waals surface area (Å²) in [6, 6.07) is 3.59. The maximum atomic E-state index is 11.3. The molecular weight excluding hydrogens is 180 g/mol. The summed E-state index contributed by atoms with van der Waals surface area (Å²) < 4.78 is 4.80. The summed E-state index contributed by atoms with van der Waals surface area (Å²) in [5.74, 6) is 0. The largest absolute Gasteiger partial charge is 0.431 e. The Balaban J connectivity index is 2.03. The SMILES string of the molecule is O=c1occcc1CN1CCNCC1. The third-order valence-electron chi connectivity index (χ3n) is 2.42. The molecule has 1 aliphatic heterocycles. The summed E-state index contributed by atoms with van der Waals surface area (Å²) in [7, 11) is 0.